The topological polar surface area (TPSA) is 52.6 Å². The van der Waals surface area contributed by atoms with Crippen molar-refractivity contribution in [2.24, 2.45) is 11.3 Å². The quantitative estimate of drug-likeness (QED) is 0.0937. The molecule has 40 heavy (non-hydrogen) atoms. The van der Waals surface area contributed by atoms with E-state index < -0.39 is 31.9 Å². The SMILES string of the molecule is CCC[CH2][Sn]([CH2]CCC)([CH2]CCC)[CH2]C1CC(C(=O)OCC)(C(=O)OCC)C/C1=C(\c1ccccc1)[Si](C)(C)C. The molecule has 0 aliphatic heterocycles. The third-order valence-electron chi connectivity index (χ3n) is 8.91. The molecule has 1 fully saturated rings. The van der Waals surface area contributed by atoms with Gasteiger partial charge in [-0.15, -0.1) is 0 Å². The van der Waals surface area contributed by atoms with E-state index in [1.165, 1.54) is 72.6 Å². The van der Waals surface area contributed by atoms with Crippen molar-refractivity contribution in [3.63, 3.8) is 0 Å². The van der Waals surface area contributed by atoms with Crippen molar-refractivity contribution in [3.8, 4) is 0 Å². The Balaban J connectivity index is 2.82. The number of hydrogen-bond acceptors (Lipinski definition) is 4. The van der Waals surface area contributed by atoms with Crippen LogP contribution in [-0.4, -0.2) is 51.6 Å². The van der Waals surface area contributed by atoms with Gasteiger partial charge in [0.25, 0.3) is 0 Å². The van der Waals surface area contributed by atoms with E-state index in [0.29, 0.717) is 12.8 Å². The van der Waals surface area contributed by atoms with Gasteiger partial charge in [0, 0.05) is 0 Å². The van der Waals surface area contributed by atoms with E-state index in [0.717, 1.165) is 0 Å². The molecule has 1 aliphatic rings. The van der Waals surface area contributed by atoms with E-state index in [1.807, 2.05) is 13.8 Å². The molecule has 1 unspecified atom stereocenters. The molecule has 0 N–H and O–H groups in total. The molecule has 226 valence electrons. The average Bonchev–Trinajstić information content (AvgIpc) is 3.29. The van der Waals surface area contributed by atoms with E-state index in [9.17, 15) is 9.59 Å². The third kappa shape index (κ3) is 8.96. The number of allylic oxidation sites excluding steroid dienone is 1. The van der Waals surface area contributed by atoms with Crippen LogP contribution in [0.4, 0.5) is 0 Å². The number of benzene rings is 1. The Hall–Kier alpha value is -1.08. The number of rotatable bonds is 17. The molecule has 1 aliphatic carbocycles. The summed E-state index contributed by atoms with van der Waals surface area (Å²) in [5, 5.41) is 1.44. The zero-order valence-corrected chi connectivity index (χ0v) is 30.9. The van der Waals surface area contributed by atoms with Gasteiger partial charge in [-0.2, -0.15) is 0 Å². The van der Waals surface area contributed by atoms with E-state index >= 15 is 0 Å². The first-order valence-electron chi connectivity index (χ1n) is 16.2. The summed E-state index contributed by atoms with van der Waals surface area (Å²) in [6.07, 6.45) is 8.66. The number of hydrogen-bond donors (Lipinski definition) is 0. The number of ether oxygens (including phenoxy) is 2. The van der Waals surface area contributed by atoms with Crippen molar-refractivity contribution in [1.29, 1.82) is 0 Å². The van der Waals surface area contributed by atoms with Gasteiger partial charge < -0.3 is 0 Å². The second-order valence-electron chi connectivity index (χ2n) is 13.1. The van der Waals surface area contributed by atoms with Crippen LogP contribution in [0.5, 0.6) is 0 Å². The van der Waals surface area contributed by atoms with Gasteiger partial charge in [-0.25, -0.2) is 0 Å². The minimum atomic E-state index is -2.63. The summed E-state index contributed by atoms with van der Waals surface area (Å²) in [5.41, 5.74) is 1.41. The maximum absolute atomic E-state index is 13.7. The zero-order chi connectivity index (χ0) is 29.8. The van der Waals surface area contributed by atoms with E-state index in [4.69, 9.17) is 9.47 Å². The van der Waals surface area contributed by atoms with E-state index in [1.54, 1.807) is 0 Å². The molecule has 6 heteroatoms. The molecule has 0 saturated heterocycles. The van der Waals surface area contributed by atoms with Gasteiger partial charge >= 0.3 is 252 Å². The zero-order valence-electron chi connectivity index (χ0n) is 27.0. The molecule has 0 bridgehead atoms. The Bertz CT molecular complexity index is 926. The number of unbranched alkanes of at least 4 members (excludes halogenated alkanes) is 3. The average molecular weight is 678 g/mol. The summed E-state index contributed by atoms with van der Waals surface area (Å²) in [5.74, 6) is -0.516. The summed E-state index contributed by atoms with van der Waals surface area (Å²) >= 11 is -2.63. The maximum atomic E-state index is 13.7. The molecule has 0 amide bonds. The van der Waals surface area contributed by atoms with Crippen molar-refractivity contribution < 1.29 is 19.1 Å². The normalized spacial score (nSPS) is 18.4. The Kier molecular flexibility index (Phi) is 14.5. The predicted molar refractivity (Wildman–Crippen MR) is 175 cm³/mol. The molecule has 1 saturated carbocycles. The monoisotopic (exact) mass is 678 g/mol. The van der Waals surface area contributed by atoms with Crippen LogP contribution in [0.15, 0.2) is 35.9 Å². The Labute approximate surface area is 251 Å². The molecule has 0 radical (unpaired) electrons. The van der Waals surface area contributed by atoms with Crippen LogP contribution in [0, 0.1) is 11.3 Å². The molecule has 1 aromatic carbocycles. The van der Waals surface area contributed by atoms with Gasteiger partial charge in [-0.1, -0.05) is 0 Å². The minimum absolute atomic E-state index is 0.247. The van der Waals surface area contributed by atoms with Crippen LogP contribution in [0.2, 0.25) is 37.4 Å². The van der Waals surface area contributed by atoms with Crippen molar-refractivity contribution in [2.75, 3.05) is 13.2 Å². The van der Waals surface area contributed by atoms with E-state index in [2.05, 4.69) is 70.7 Å². The second kappa shape index (κ2) is 16.5. The summed E-state index contributed by atoms with van der Waals surface area (Å²) in [7, 11) is -1.86. The Morgan fingerprint density at radius 1 is 0.825 bits per heavy atom. The molecule has 0 aromatic heterocycles. The molecule has 0 spiro atoms. The molecule has 2 rings (SSSR count). The first kappa shape index (κ1) is 35.1. The van der Waals surface area contributed by atoms with Gasteiger partial charge in [0.2, 0.25) is 0 Å². The predicted octanol–water partition coefficient (Wildman–Crippen LogP) is 9.69. The van der Waals surface area contributed by atoms with Crippen molar-refractivity contribution >= 4 is 43.6 Å². The first-order valence-corrected chi connectivity index (χ1v) is 27.7. The van der Waals surface area contributed by atoms with Crippen molar-refractivity contribution in [2.45, 2.75) is 123 Å². The fourth-order valence-electron chi connectivity index (χ4n) is 7.07. The van der Waals surface area contributed by atoms with Gasteiger partial charge in [0.1, 0.15) is 0 Å². The van der Waals surface area contributed by atoms with Gasteiger partial charge in [0.05, 0.1) is 0 Å². The van der Waals surface area contributed by atoms with Crippen LogP contribution >= 0.6 is 0 Å². The van der Waals surface area contributed by atoms with Gasteiger partial charge in [-0.3, -0.25) is 0 Å². The second-order valence-corrected chi connectivity index (χ2v) is 32.1. The van der Waals surface area contributed by atoms with Gasteiger partial charge in [-0.05, 0) is 0 Å². The Morgan fingerprint density at radius 2 is 1.30 bits per heavy atom. The third-order valence-corrected chi connectivity index (χ3v) is 27.0. The molecule has 1 atom stereocenters. The standard InChI is InChI=1S/C22H31O4Si.3C4H9.Sn/c1-7-25-20(23)22(21(24)26-8-2)14-16(3)18(15-22)19(27(4,5)6)17-12-10-9-11-13-17;3*1-3-4-2;/h9-13,16H,3,7-8,14-15H2,1-2,4-6H3;3*1,3-4H2,2H3;/b19-18-;;;;. The number of esters is 2. The molecule has 1 aromatic rings. The van der Waals surface area contributed by atoms with Gasteiger partial charge in [0.15, 0.2) is 0 Å². The fraction of sp³-hybridized carbons (Fsp3) is 0.706. The molecule has 0 heterocycles. The fourth-order valence-corrected chi connectivity index (χ4v) is 26.8. The van der Waals surface area contributed by atoms with Crippen LogP contribution in [-0.2, 0) is 19.1 Å². The molecule has 4 nitrogen and oxygen atoms in total. The van der Waals surface area contributed by atoms with Crippen LogP contribution < -0.4 is 0 Å². The van der Waals surface area contributed by atoms with Crippen LogP contribution in [0.25, 0.3) is 5.20 Å². The summed E-state index contributed by atoms with van der Waals surface area (Å²) in [4.78, 5) is 27.5. The van der Waals surface area contributed by atoms with Crippen molar-refractivity contribution in [3.05, 3.63) is 41.5 Å². The summed E-state index contributed by atoms with van der Waals surface area (Å²) in [6, 6.07) is 10.8. The first-order chi connectivity index (χ1) is 19.0. The number of carbonyl (C=O) groups is 2. The van der Waals surface area contributed by atoms with Crippen LogP contribution in [0.3, 0.4) is 0 Å². The molecular weight excluding hydrogens is 619 g/mol. The Morgan fingerprint density at radius 3 is 1.70 bits per heavy atom. The van der Waals surface area contributed by atoms with Crippen LogP contribution in [0.1, 0.15) is 91.5 Å². The molecular formula is C34H58O4SiSn. The summed E-state index contributed by atoms with van der Waals surface area (Å²) in [6.45, 7) is 18.4. The van der Waals surface area contributed by atoms with Crippen molar-refractivity contribution in [1.82, 2.24) is 0 Å². The number of carbonyl (C=O) groups excluding carboxylic acids is 2. The van der Waals surface area contributed by atoms with E-state index in [-0.39, 0.29) is 31.1 Å². The summed E-state index contributed by atoms with van der Waals surface area (Å²) < 4.78 is 16.8.